The molecule has 0 fully saturated rings. The van der Waals surface area contributed by atoms with Crippen molar-refractivity contribution >= 4 is 29.4 Å². The zero-order chi connectivity index (χ0) is 24.8. The van der Waals surface area contributed by atoms with Gasteiger partial charge in [-0.05, 0) is 54.1 Å². The van der Waals surface area contributed by atoms with Crippen LogP contribution in [0.2, 0.25) is 5.02 Å². The van der Waals surface area contributed by atoms with Gasteiger partial charge >= 0.3 is 0 Å². The zero-order valence-electron chi connectivity index (χ0n) is 19.4. The van der Waals surface area contributed by atoms with Crippen LogP contribution >= 0.6 is 11.6 Å². The van der Waals surface area contributed by atoms with E-state index in [1.165, 1.54) is 25.4 Å². The highest BCUT2D eigenvalue weighted by molar-refractivity contribution is 6.32. The van der Waals surface area contributed by atoms with Crippen molar-refractivity contribution in [1.82, 2.24) is 5.01 Å². The van der Waals surface area contributed by atoms with E-state index < -0.39 is 0 Å². The second-order valence-electron chi connectivity index (χ2n) is 7.50. The van der Waals surface area contributed by atoms with Crippen molar-refractivity contribution in [2.24, 2.45) is 10.3 Å². The Balaban J connectivity index is 1.46. The molecular weight excluding hydrogens is 474 g/mol. The van der Waals surface area contributed by atoms with Gasteiger partial charge in [0, 0.05) is 12.0 Å². The first-order chi connectivity index (χ1) is 17.0. The number of amides is 1. The van der Waals surface area contributed by atoms with Crippen LogP contribution in [0.4, 0.5) is 0 Å². The summed E-state index contributed by atoms with van der Waals surface area (Å²) in [5.74, 6) is 1.89. The Morgan fingerprint density at radius 1 is 1.17 bits per heavy atom. The largest absolute Gasteiger partial charge is 0.497 e. The Hall–Kier alpha value is -3.98. The van der Waals surface area contributed by atoms with Crippen molar-refractivity contribution in [2.45, 2.75) is 12.5 Å². The summed E-state index contributed by atoms with van der Waals surface area (Å²) >= 11 is 6.21. The second kappa shape index (κ2) is 11.0. The summed E-state index contributed by atoms with van der Waals surface area (Å²) in [4.78, 5) is 18.2. The molecule has 0 aliphatic carbocycles. The van der Waals surface area contributed by atoms with E-state index in [0.717, 1.165) is 17.0 Å². The van der Waals surface area contributed by atoms with Crippen LogP contribution in [-0.4, -0.2) is 50.8 Å². The van der Waals surface area contributed by atoms with Crippen LogP contribution in [-0.2, 0) is 9.63 Å². The lowest BCUT2D eigenvalue weighted by Gasteiger charge is -2.19. The zero-order valence-corrected chi connectivity index (χ0v) is 20.2. The van der Waals surface area contributed by atoms with Crippen molar-refractivity contribution < 1.29 is 28.3 Å². The molecule has 0 saturated carbocycles. The molecular formula is C25H24ClN3O6. The number of ether oxygens (including phenoxy) is 3. The molecule has 1 amide bonds. The van der Waals surface area contributed by atoms with Gasteiger partial charge < -0.3 is 23.5 Å². The first kappa shape index (κ1) is 24.2. The summed E-state index contributed by atoms with van der Waals surface area (Å²) in [7, 11) is 4.62. The van der Waals surface area contributed by atoms with Crippen LogP contribution in [0, 0.1) is 0 Å². The van der Waals surface area contributed by atoms with E-state index in [4.69, 9.17) is 35.1 Å². The maximum atomic E-state index is 13.0. The fourth-order valence-electron chi connectivity index (χ4n) is 3.67. The van der Waals surface area contributed by atoms with Crippen LogP contribution < -0.4 is 14.2 Å². The highest BCUT2D eigenvalue weighted by atomic mass is 35.5. The van der Waals surface area contributed by atoms with E-state index in [-0.39, 0.29) is 18.6 Å². The normalized spacial score (nSPS) is 15.3. The minimum atomic E-state index is -0.383. The first-order valence-electron chi connectivity index (χ1n) is 10.7. The molecule has 2 heterocycles. The lowest BCUT2D eigenvalue weighted by atomic mass is 10.0. The molecule has 0 N–H and O–H groups in total. The van der Waals surface area contributed by atoms with Crippen molar-refractivity contribution in [3.63, 3.8) is 0 Å². The first-order valence-corrected chi connectivity index (χ1v) is 11.1. The highest BCUT2D eigenvalue weighted by Crippen LogP contribution is 2.36. The van der Waals surface area contributed by atoms with Gasteiger partial charge in [0.25, 0.3) is 5.91 Å². The van der Waals surface area contributed by atoms with Crippen LogP contribution in [0.3, 0.4) is 0 Å². The van der Waals surface area contributed by atoms with Crippen molar-refractivity contribution in [2.75, 3.05) is 27.9 Å². The molecule has 1 aliphatic rings. The number of carbonyl (C=O) groups is 1. The van der Waals surface area contributed by atoms with E-state index in [0.29, 0.717) is 34.3 Å². The topological polar surface area (TPSA) is 95.1 Å². The summed E-state index contributed by atoms with van der Waals surface area (Å²) in [6.45, 7) is -0.311. The van der Waals surface area contributed by atoms with E-state index in [1.54, 1.807) is 31.6 Å². The number of furan rings is 1. The molecule has 3 aromatic rings. The molecule has 1 aliphatic heterocycles. The Labute approximate surface area is 207 Å². The van der Waals surface area contributed by atoms with Gasteiger partial charge in [-0.15, -0.1) is 0 Å². The van der Waals surface area contributed by atoms with Crippen molar-refractivity contribution in [1.29, 1.82) is 0 Å². The standard InChI is InChI=1S/C25H24ClN3O6/c1-31-18-8-6-17(7-9-18)20-13-21(22-5-4-10-34-22)29(28-20)24(30)15-35-27-14-16-11-19(26)25(33-3)23(12-16)32-2/h4-12,14,21H,13,15H2,1-3H3/b27-14+. The predicted molar refractivity (Wildman–Crippen MR) is 131 cm³/mol. The van der Waals surface area contributed by atoms with Crippen LogP contribution in [0.1, 0.15) is 29.3 Å². The number of oxime groups is 1. The fraction of sp³-hybridized carbons (Fsp3) is 0.240. The predicted octanol–water partition coefficient (Wildman–Crippen LogP) is 4.69. The van der Waals surface area contributed by atoms with Crippen LogP contribution in [0.15, 0.2) is 69.5 Å². The third-order valence-electron chi connectivity index (χ3n) is 5.38. The molecule has 0 spiro atoms. The van der Waals surface area contributed by atoms with Gasteiger partial charge in [-0.1, -0.05) is 16.8 Å². The van der Waals surface area contributed by atoms with E-state index in [9.17, 15) is 4.79 Å². The summed E-state index contributed by atoms with van der Waals surface area (Å²) in [6.07, 6.45) is 3.50. The molecule has 35 heavy (non-hydrogen) atoms. The van der Waals surface area contributed by atoms with Gasteiger partial charge in [0.05, 0.1) is 44.5 Å². The molecule has 1 aromatic heterocycles. The fourth-order valence-corrected chi connectivity index (χ4v) is 3.97. The molecule has 1 unspecified atom stereocenters. The Morgan fingerprint density at radius 3 is 2.63 bits per heavy atom. The molecule has 9 nitrogen and oxygen atoms in total. The number of hydrazone groups is 1. The van der Waals surface area contributed by atoms with Gasteiger partial charge in [-0.3, -0.25) is 4.79 Å². The average molecular weight is 498 g/mol. The van der Waals surface area contributed by atoms with Gasteiger partial charge in [0.1, 0.15) is 17.6 Å². The molecule has 2 aromatic carbocycles. The monoisotopic (exact) mass is 497 g/mol. The number of halogens is 1. The molecule has 0 bridgehead atoms. The average Bonchev–Trinajstić information content (AvgIpc) is 3.56. The Bertz CT molecular complexity index is 1220. The van der Waals surface area contributed by atoms with Crippen LogP contribution in [0.5, 0.6) is 17.2 Å². The second-order valence-corrected chi connectivity index (χ2v) is 7.90. The number of benzene rings is 2. The molecule has 10 heteroatoms. The number of nitrogens with zero attached hydrogens (tertiary/aromatic N) is 3. The van der Waals surface area contributed by atoms with Gasteiger partial charge in [0.15, 0.2) is 18.1 Å². The van der Waals surface area contributed by atoms with Gasteiger partial charge in [-0.2, -0.15) is 5.10 Å². The maximum absolute atomic E-state index is 13.0. The van der Waals surface area contributed by atoms with Crippen LogP contribution in [0.25, 0.3) is 0 Å². The number of carbonyl (C=O) groups excluding carboxylic acids is 1. The van der Waals surface area contributed by atoms with E-state index >= 15 is 0 Å². The third-order valence-corrected chi connectivity index (χ3v) is 5.66. The smallest absolute Gasteiger partial charge is 0.284 e. The summed E-state index contributed by atoms with van der Waals surface area (Å²) in [5.41, 5.74) is 2.27. The number of rotatable bonds is 9. The summed E-state index contributed by atoms with van der Waals surface area (Å²) in [5, 5.41) is 10.2. The number of methoxy groups -OCH3 is 3. The highest BCUT2D eigenvalue weighted by Gasteiger charge is 2.35. The minimum Gasteiger partial charge on any atom is -0.497 e. The van der Waals surface area contributed by atoms with Gasteiger partial charge in [0.2, 0.25) is 0 Å². The lowest BCUT2D eigenvalue weighted by molar-refractivity contribution is -0.138. The minimum absolute atomic E-state index is 0.311. The number of hydrogen-bond donors (Lipinski definition) is 0. The number of hydrogen-bond acceptors (Lipinski definition) is 8. The van der Waals surface area contributed by atoms with Gasteiger partial charge in [-0.25, -0.2) is 5.01 Å². The molecule has 182 valence electrons. The molecule has 1 atom stereocenters. The van der Waals surface area contributed by atoms with Crippen molar-refractivity contribution in [3.8, 4) is 17.2 Å². The summed E-state index contributed by atoms with van der Waals surface area (Å²) < 4.78 is 21.3. The third kappa shape index (κ3) is 5.41. The molecule has 0 radical (unpaired) electrons. The summed E-state index contributed by atoms with van der Waals surface area (Å²) in [6, 6.07) is 14.1. The van der Waals surface area contributed by atoms with Crippen molar-refractivity contribution in [3.05, 3.63) is 76.7 Å². The Kier molecular flexibility index (Phi) is 7.57. The maximum Gasteiger partial charge on any atom is 0.284 e. The quantitative estimate of drug-likeness (QED) is 0.314. The molecule has 4 rings (SSSR count). The molecule has 0 saturated heterocycles. The lowest BCUT2D eigenvalue weighted by Crippen LogP contribution is -2.29. The SMILES string of the molecule is COc1ccc(C2=NN(C(=O)CO/N=C/c3cc(Cl)c(OC)c(OC)c3)C(c3ccco3)C2)cc1. The van der Waals surface area contributed by atoms with E-state index in [1.807, 2.05) is 30.3 Å². The Morgan fingerprint density at radius 2 is 1.97 bits per heavy atom. The van der Waals surface area contributed by atoms with E-state index in [2.05, 4.69) is 10.3 Å².